The highest BCUT2D eigenvalue weighted by Gasteiger charge is 2.47. The second-order valence-corrected chi connectivity index (χ2v) is 6.22. The molecule has 4 atom stereocenters. The molecule has 2 aliphatic rings. The third-order valence-corrected chi connectivity index (χ3v) is 4.38. The maximum absolute atomic E-state index is 11.8. The van der Waals surface area contributed by atoms with Gasteiger partial charge in [-0.2, -0.15) is 0 Å². The molecule has 7 nitrogen and oxygen atoms in total. The van der Waals surface area contributed by atoms with Crippen LogP contribution in [0.5, 0.6) is 0 Å². The van der Waals surface area contributed by atoms with Crippen molar-refractivity contribution in [3.63, 3.8) is 0 Å². The van der Waals surface area contributed by atoms with Crippen LogP contribution >= 0.6 is 0 Å². The monoisotopic (exact) mass is 298 g/mol. The zero-order valence-corrected chi connectivity index (χ0v) is 12.3. The Morgan fingerprint density at radius 2 is 2.05 bits per heavy atom. The van der Waals surface area contributed by atoms with Gasteiger partial charge in [0, 0.05) is 18.9 Å². The lowest BCUT2D eigenvalue weighted by Gasteiger charge is -2.25. The van der Waals surface area contributed by atoms with E-state index in [2.05, 4.69) is 10.6 Å². The van der Waals surface area contributed by atoms with Crippen LogP contribution in [-0.2, 0) is 19.1 Å². The van der Waals surface area contributed by atoms with E-state index in [0.29, 0.717) is 5.92 Å². The molecule has 1 aliphatic carbocycles. The van der Waals surface area contributed by atoms with E-state index in [4.69, 9.17) is 4.74 Å². The van der Waals surface area contributed by atoms with Gasteiger partial charge in [0.1, 0.15) is 5.41 Å². The minimum Gasteiger partial charge on any atom is -0.481 e. The Hall–Kier alpha value is -1.63. The van der Waals surface area contributed by atoms with Crippen molar-refractivity contribution in [1.29, 1.82) is 0 Å². The van der Waals surface area contributed by atoms with Crippen molar-refractivity contribution in [1.82, 2.24) is 10.6 Å². The van der Waals surface area contributed by atoms with Crippen molar-refractivity contribution >= 4 is 17.8 Å². The summed E-state index contributed by atoms with van der Waals surface area (Å²) in [6.45, 7) is 4.13. The predicted molar refractivity (Wildman–Crippen MR) is 73.4 cm³/mol. The molecule has 0 radical (unpaired) electrons. The van der Waals surface area contributed by atoms with Crippen LogP contribution in [0.15, 0.2) is 0 Å². The molecule has 4 unspecified atom stereocenters. The van der Waals surface area contributed by atoms with E-state index in [-0.39, 0.29) is 43.9 Å². The lowest BCUT2D eigenvalue weighted by Crippen LogP contribution is -2.50. The lowest BCUT2D eigenvalue weighted by molar-refractivity contribution is -0.149. The fourth-order valence-corrected chi connectivity index (χ4v) is 2.47. The van der Waals surface area contributed by atoms with E-state index in [1.165, 1.54) is 0 Å². The number of ether oxygens (including phenoxy) is 1. The fraction of sp³-hybridized carbons (Fsp3) is 0.786. The van der Waals surface area contributed by atoms with Gasteiger partial charge in [-0.05, 0) is 19.3 Å². The second kappa shape index (κ2) is 6.01. The summed E-state index contributed by atoms with van der Waals surface area (Å²) < 4.78 is 5.16. The molecule has 1 aliphatic heterocycles. The summed E-state index contributed by atoms with van der Waals surface area (Å²) in [4.78, 5) is 34.7. The summed E-state index contributed by atoms with van der Waals surface area (Å²) in [7, 11) is 0. The molecule has 1 saturated carbocycles. The van der Waals surface area contributed by atoms with Crippen molar-refractivity contribution in [2.45, 2.75) is 32.7 Å². The molecule has 2 rings (SSSR count). The molecule has 118 valence electrons. The highest BCUT2D eigenvalue weighted by molar-refractivity contribution is 5.83. The van der Waals surface area contributed by atoms with Crippen LogP contribution in [0.2, 0.25) is 0 Å². The number of aliphatic carboxylic acids is 1. The first-order chi connectivity index (χ1) is 9.84. The molecular formula is C14H22N2O5. The van der Waals surface area contributed by atoms with Gasteiger partial charge < -0.3 is 20.5 Å². The Kier molecular flexibility index (Phi) is 4.51. The van der Waals surface area contributed by atoms with E-state index in [9.17, 15) is 19.5 Å². The SMILES string of the molecule is CC1CC1C(=O)NCCC(=O)NC1COCC1(C)C(=O)O. The molecule has 7 heteroatoms. The fourth-order valence-electron chi connectivity index (χ4n) is 2.47. The largest absolute Gasteiger partial charge is 0.481 e. The zero-order valence-electron chi connectivity index (χ0n) is 12.3. The van der Waals surface area contributed by atoms with Crippen LogP contribution in [0.3, 0.4) is 0 Å². The first-order valence-corrected chi connectivity index (χ1v) is 7.23. The van der Waals surface area contributed by atoms with Gasteiger partial charge in [0.15, 0.2) is 0 Å². The minimum absolute atomic E-state index is 0.00475. The van der Waals surface area contributed by atoms with E-state index in [1.807, 2.05) is 6.92 Å². The summed E-state index contributed by atoms with van der Waals surface area (Å²) in [5, 5.41) is 14.6. The maximum Gasteiger partial charge on any atom is 0.313 e. The molecule has 3 N–H and O–H groups in total. The second-order valence-electron chi connectivity index (χ2n) is 6.22. The summed E-state index contributed by atoms with van der Waals surface area (Å²) in [6.07, 6.45) is 1.05. The number of carbonyl (C=O) groups is 3. The minimum atomic E-state index is -1.09. The molecule has 0 aromatic heterocycles. The van der Waals surface area contributed by atoms with Crippen molar-refractivity contribution in [3.8, 4) is 0 Å². The Bertz CT molecular complexity index is 453. The Balaban J connectivity index is 1.72. The number of nitrogens with one attached hydrogen (secondary N) is 2. The molecule has 1 heterocycles. The van der Waals surface area contributed by atoms with Gasteiger partial charge in [-0.3, -0.25) is 14.4 Å². The van der Waals surface area contributed by atoms with Gasteiger partial charge in [-0.25, -0.2) is 0 Å². The quantitative estimate of drug-likeness (QED) is 0.627. The first-order valence-electron chi connectivity index (χ1n) is 7.23. The van der Waals surface area contributed by atoms with E-state index in [1.54, 1.807) is 6.92 Å². The number of carboxylic acid groups (broad SMARTS) is 1. The lowest BCUT2D eigenvalue weighted by atomic mass is 9.85. The number of amides is 2. The van der Waals surface area contributed by atoms with Crippen molar-refractivity contribution in [3.05, 3.63) is 0 Å². The maximum atomic E-state index is 11.8. The van der Waals surface area contributed by atoms with E-state index in [0.717, 1.165) is 6.42 Å². The molecular weight excluding hydrogens is 276 g/mol. The summed E-state index contributed by atoms with van der Waals surface area (Å²) in [5.74, 6) is -0.740. The third kappa shape index (κ3) is 3.53. The summed E-state index contributed by atoms with van der Waals surface area (Å²) >= 11 is 0. The van der Waals surface area contributed by atoms with Crippen LogP contribution in [0.1, 0.15) is 26.7 Å². The topological polar surface area (TPSA) is 105 Å². The van der Waals surface area contributed by atoms with E-state index >= 15 is 0 Å². The third-order valence-electron chi connectivity index (χ3n) is 4.38. The molecule has 1 saturated heterocycles. The van der Waals surface area contributed by atoms with Crippen LogP contribution in [0.4, 0.5) is 0 Å². The first kappa shape index (κ1) is 15.8. The Morgan fingerprint density at radius 3 is 2.62 bits per heavy atom. The number of hydrogen-bond acceptors (Lipinski definition) is 4. The van der Waals surface area contributed by atoms with Crippen molar-refractivity contribution in [2.24, 2.45) is 17.3 Å². The Labute approximate surface area is 123 Å². The molecule has 0 spiro atoms. The number of carbonyl (C=O) groups excluding carboxylic acids is 2. The molecule has 2 amide bonds. The highest BCUT2D eigenvalue weighted by Crippen LogP contribution is 2.37. The van der Waals surface area contributed by atoms with Crippen LogP contribution in [0.25, 0.3) is 0 Å². The Morgan fingerprint density at radius 1 is 1.38 bits per heavy atom. The van der Waals surface area contributed by atoms with Gasteiger partial charge in [-0.1, -0.05) is 6.92 Å². The normalized spacial score (nSPS) is 34.3. The van der Waals surface area contributed by atoms with Gasteiger partial charge >= 0.3 is 5.97 Å². The standard InChI is InChI=1S/C14H22N2O5/c1-8-5-9(8)12(18)15-4-3-11(17)16-10-6-21-7-14(10,2)13(19)20/h8-10H,3-7H2,1-2H3,(H,15,18)(H,16,17)(H,19,20). The molecule has 21 heavy (non-hydrogen) atoms. The molecule has 0 aromatic carbocycles. The van der Waals surface area contributed by atoms with Gasteiger partial charge in [0.25, 0.3) is 0 Å². The molecule has 0 aromatic rings. The van der Waals surface area contributed by atoms with Gasteiger partial charge in [0.2, 0.25) is 11.8 Å². The number of hydrogen-bond donors (Lipinski definition) is 3. The number of carboxylic acids is 1. The summed E-state index contributed by atoms with van der Waals surface area (Å²) in [5.41, 5.74) is -1.09. The zero-order chi connectivity index (χ0) is 15.6. The van der Waals surface area contributed by atoms with Gasteiger partial charge in [0.05, 0.1) is 19.3 Å². The predicted octanol–water partition coefficient (Wildman–Crippen LogP) is -0.245. The van der Waals surface area contributed by atoms with E-state index < -0.39 is 17.4 Å². The molecule has 2 fully saturated rings. The number of rotatable bonds is 6. The van der Waals surface area contributed by atoms with Crippen molar-refractivity contribution in [2.75, 3.05) is 19.8 Å². The smallest absolute Gasteiger partial charge is 0.313 e. The summed E-state index contributed by atoms with van der Waals surface area (Å²) in [6, 6.07) is -0.540. The average Bonchev–Trinajstić information content (AvgIpc) is 3.03. The van der Waals surface area contributed by atoms with Crippen LogP contribution in [-0.4, -0.2) is 48.7 Å². The highest BCUT2D eigenvalue weighted by atomic mass is 16.5. The van der Waals surface area contributed by atoms with Crippen LogP contribution < -0.4 is 10.6 Å². The van der Waals surface area contributed by atoms with Crippen LogP contribution in [0, 0.1) is 17.3 Å². The van der Waals surface area contributed by atoms with Crippen molar-refractivity contribution < 1.29 is 24.2 Å². The molecule has 0 bridgehead atoms. The average molecular weight is 298 g/mol. The van der Waals surface area contributed by atoms with Gasteiger partial charge in [-0.15, -0.1) is 0 Å².